The molecule has 6 heteroatoms. The lowest BCUT2D eigenvalue weighted by molar-refractivity contribution is 0.0942. The third kappa shape index (κ3) is 3.26. The highest BCUT2D eigenvalue weighted by molar-refractivity contribution is 9.09. The number of rotatable bonds is 7. The number of carbonyl (C=O) groups is 1. The van der Waals surface area contributed by atoms with Crippen molar-refractivity contribution >= 4 is 21.8 Å². The maximum Gasteiger partial charge on any atom is 0.255 e. The zero-order chi connectivity index (χ0) is 15.5. The summed E-state index contributed by atoms with van der Waals surface area (Å²) in [6.07, 6.45) is 2.28. The molecule has 1 aromatic rings. The highest BCUT2D eigenvalue weighted by Gasteiger charge is 2.41. The molecule has 21 heavy (non-hydrogen) atoms. The summed E-state index contributed by atoms with van der Waals surface area (Å²) in [5.41, 5.74) is 0.667. The second kappa shape index (κ2) is 6.56. The number of halogens is 1. The standard InChI is InChI=1S/C15H20BrNO4/c1-19-11-5-4-10(12(20-2)13(11)21-3)14(18)17-9-15(8-16)6-7-15/h4-5H,6-9H2,1-3H3,(H,17,18). The van der Waals surface area contributed by atoms with Gasteiger partial charge in [0.05, 0.1) is 26.9 Å². The van der Waals surface area contributed by atoms with E-state index in [1.165, 1.54) is 14.2 Å². The number of alkyl halides is 1. The lowest BCUT2D eigenvalue weighted by Gasteiger charge is -2.17. The molecule has 1 fully saturated rings. The van der Waals surface area contributed by atoms with Crippen LogP contribution in [-0.2, 0) is 0 Å². The van der Waals surface area contributed by atoms with Crippen molar-refractivity contribution < 1.29 is 19.0 Å². The number of hydrogen-bond acceptors (Lipinski definition) is 4. The zero-order valence-corrected chi connectivity index (χ0v) is 14.1. The average Bonchev–Trinajstić information content (AvgIpc) is 3.31. The van der Waals surface area contributed by atoms with Gasteiger partial charge in [-0.2, -0.15) is 0 Å². The minimum atomic E-state index is -0.167. The van der Waals surface area contributed by atoms with E-state index >= 15 is 0 Å². The molecule has 0 bridgehead atoms. The third-order valence-electron chi connectivity index (χ3n) is 3.81. The Hall–Kier alpha value is -1.43. The summed E-state index contributed by atoms with van der Waals surface area (Å²) < 4.78 is 15.8. The molecule has 1 aromatic carbocycles. The van der Waals surface area contributed by atoms with Crippen LogP contribution in [0.5, 0.6) is 17.2 Å². The van der Waals surface area contributed by atoms with Crippen LogP contribution in [0.25, 0.3) is 0 Å². The summed E-state index contributed by atoms with van der Waals surface area (Å²) in [7, 11) is 4.57. The van der Waals surface area contributed by atoms with Crippen LogP contribution in [-0.4, -0.2) is 39.1 Å². The van der Waals surface area contributed by atoms with E-state index in [0.29, 0.717) is 29.4 Å². The summed E-state index contributed by atoms with van der Waals surface area (Å²) in [4.78, 5) is 12.4. The van der Waals surface area contributed by atoms with Crippen molar-refractivity contribution in [2.75, 3.05) is 33.2 Å². The molecule has 0 aromatic heterocycles. The van der Waals surface area contributed by atoms with Crippen molar-refractivity contribution in [2.45, 2.75) is 12.8 Å². The number of nitrogens with one attached hydrogen (secondary N) is 1. The summed E-state index contributed by atoms with van der Waals surface area (Å²) >= 11 is 3.50. The normalized spacial score (nSPS) is 15.2. The molecule has 5 nitrogen and oxygen atoms in total. The zero-order valence-electron chi connectivity index (χ0n) is 12.5. The van der Waals surface area contributed by atoms with Crippen LogP contribution in [0.2, 0.25) is 0 Å². The molecular weight excluding hydrogens is 338 g/mol. The Labute approximate surface area is 133 Å². The Balaban J connectivity index is 2.20. The SMILES string of the molecule is COc1ccc(C(=O)NCC2(CBr)CC2)c(OC)c1OC. The van der Waals surface area contributed by atoms with Crippen molar-refractivity contribution in [1.82, 2.24) is 5.32 Å². The van der Waals surface area contributed by atoms with Crippen LogP contribution >= 0.6 is 15.9 Å². The van der Waals surface area contributed by atoms with Gasteiger partial charge in [-0.15, -0.1) is 0 Å². The fraction of sp³-hybridized carbons (Fsp3) is 0.533. The molecule has 0 atom stereocenters. The first-order valence-corrected chi connectivity index (χ1v) is 7.86. The number of amides is 1. The summed E-state index contributed by atoms with van der Waals surface area (Å²) in [6, 6.07) is 3.39. The Bertz CT molecular complexity index is 529. The Morgan fingerprint density at radius 1 is 1.19 bits per heavy atom. The fourth-order valence-corrected chi connectivity index (χ4v) is 2.94. The van der Waals surface area contributed by atoms with E-state index < -0.39 is 0 Å². The fourth-order valence-electron chi connectivity index (χ4n) is 2.18. The highest BCUT2D eigenvalue weighted by atomic mass is 79.9. The van der Waals surface area contributed by atoms with Gasteiger partial charge >= 0.3 is 0 Å². The van der Waals surface area contributed by atoms with Crippen molar-refractivity contribution in [3.63, 3.8) is 0 Å². The Morgan fingerprint density at radius 3 is 2.33 bits per heavy atom. The van der Waals surface area contributed by atoms with Crippen LogP contribution in [0.3, 0.4) is 0 Å². The summed E-state index contributed by atoms with van der Waals surface area (Å²) in [6.45, 7) is 0.661. The molecule has 1 saturated carbocycles. The number of methoxy groups -OCH3 is 3. The molecule has 1 aliphatic rings. The second-order valence-corrected chi connectivity index (χ2v) is 5.76. The molecule has 1 N–H and O–H groups in total. The van der Waals surface area contributed by atoms with Gasteiger partial charge in [0.15, 0.2) is 11.5 Å². The number of benzene rings is 1. The van der Waals surface area contributed by atoms with Crippen molar-refractivity contribution in [1.29, 1.82) is 0 Å². The first-order chi connectivity index (χ1) is 10.1. The topological polar surface area (TPSA) is 56.8 Å². The maximum atomic E-state index is 12.4. The van der Waals surface area contributed by atoms with Gasteiger partial charge in [-0.05, 0) is 30.4 Å². The van der Waals surface area contributed by atoms with Gasteiger partial charge in [-0.3, -0.25) is 4.79 Å². The Morgan fingerprint density at radius 2 is 1.86 bits per heavy atom. The van der Waals surface area contributed by atoms with Crippen molar-refractivity contribution in [2.24, 2.45) is 5.41 Å². The number of carbonyl (C=O) groups excluding carboxylic acids is 1. The van der Waals surface area contributed by atoms with E-state index in [-0.39, 0.29) is 11.3 Å². The molecule has 1 aliphatic carbocycles. The number of hydrogen-bond donors (Lipinski definition) is 1. The second-order valence-electron chi connectivity index (χ2n) is 5.20. The molecule has 0 radical (unpaired) electrons. The quantitative estimate of drug-likeness (QED) is 0.762. The molecular formula is C15H20BrNO4. The van der Waals surface area contributed by atoms with E-state index in [0.717, 1.165) is 18.2 Å². The van der Waals surface area contributed by atoms with E-state index in [1.807, 2.05) is 0 Å². The first-order valence-electron chi connectivity index (χ1n) is 6.74. The molecule has 0 spiro atoms. The maximum absolute atomic E-state index is 12.4. The van der Waals surface area contributed by atoms with Gasteiger partial charge in [0.25, 0.3) is 5.91 Å². The largest absolute Gasteiger partial charge is 0.493 e. The van der Waals surface area contributed by atoms with Crippen LogP contribution < -0.4 is 19.5 Å². The van der Waals surface area contributed by atoms with Gasteiger partial charge in [0.2, 0.25) is 5.75 Å². The molecule has 0 unspecified atom stereocenters. The molecule has 116 valence electrons. The van der Waals surface area contributed by atoms with E-state index in [1.54, 1.807) is 19.2 Å². The predicted molar refractivity (Wildman–Crippen MR) is 83.9 cm³/mol. The van der Waals surface area contributed by atoms with Crippen LogP contribution in [0.4, 0.5) is 0 Å². The van der Waals surface area contributed by atoms with E-state index in [9.17, 15) is 4.79 Å². The summed E-state index contributed by atoms with van der Waals surface area (Å²) in [5.74, 6) is 1.18. The van der Waals surface area contributed by atoms with Crippen LogP contribution in [0.1, 0.15) is 23.2 Å². The smallest absolute Gasteiger partial charge is 0.255 e. The minimum Gasteiger partial charge on any atom is -0.493 e. The Kier molecular flexibility index (Phi) is 4.98. The van der Waals surface area contributed by atoms with Crippen molar-refractivity contribution in [3.8, 4) is 17.2 Å². The van der Waals surface area contributed by atoms with Gasteiger partial charge < -0.3 is 19.5 Å². The molecule has 0 saturated heterocycles. The van der Waals surface area contributed by atoms with Gasteiger partial charge in [0.1, 0.15) is 0 Å². The number of ether oxygens (including phenoxy) is 3. The van der Waals surface area contributed by atoms with Crippen molar-refractivity contribution in [3.05, 3.63) is 17.7 Å². The predicted octanol–water partition coefficient (Wildman–Crippen LogP) is 2.62. The molecule has 2 rings (SSSR count). The van der Waals surface area contributed by atoms with Gasteiger partial charge in [0, 0.05) is 11.9 Å². The van der Waals surface area contributed by atoms with E-state index in [2.05, 4.69) is 21.2 Å². The van der Waals surface area contributed by atoms with E-state index in [4.69, 9.17) is 14.2 Å². The average molecular weight is 358 g/mol. The molecule has 1 amide bonds. The first kappa shape index (κ1) is 15.9. The third-order valence-corrected chi connectivity index (χ3v) is 5.00. The van der Waals surface area contributed by atoms with Gasteiger partial charge in [-0.25, -0.2) is 0 Å². The minimum absolute atomic E-state index is 0.167. The monoisotopic (exact) mass is 357 g/mol. The molecule has 0 aliphatic heterocycles. The van der Waals surface area contributed by atoms with Gasteiger partial charge in [-0.1, -0.05) is 15.9 Å². The summed E-state index contributed by atoms with van der Waals surface area (Å²) in [5, 5.41) is 3.88. The van der Waals surface area contributed by atoms with Crippen LogP contribution in [0, 0.1) is 5.41 Å². The van der Waals surface area contributed by atoms with Crippen LogP contribution in [0.15, 0.2) is 12.1 Å². The molecule has 0 heterocycles. The lowest BCUT2D eigenvalue weighted by Crippen LogP contribution is -2.31. The highest BCUT2D eigenvalue weighted by Crippen LogP contribution is 2.46. The lowest BCUT2D eigenvalue weighted by atomic mass is 10.1.